The molecular formula is C7H15N3O2. The molecule has 0 aliphatic carbocycles. The average molecular weight is 173 g/mol. The van der Waals surface area contributed by atoms with Crippen molar-refractivity contribution < 1.29 is 9.90 Å². The standard InChI is InChI=1S/C7H15N3O2/c11-6-3-8-1-4-10-5-2-9-7(10)12/h8,11H,1-6H2,(H,9,12). The third-order valence-corrected chi connectivity index (χ3v) is 1.79. The van der Waals surface area contributed by atoms with Crippen molar-refractivity contribution >= 4 is 6.03 Å². The van der Waals surface area contributed by atoms with Crippen LogP contribution in [0.3, 0.4) is 0 Å². The van der Waals surface area contributed by atoms with Gasteiger partial charge < -0.3 is 20.6 Å². The van der Waals surface area contributed by atoms with E-state index in [4.69, 9.17) is 5.11 Å². The highest BCUT2D eigenvalue weighted by Gasteiger charge is 2.17. The molecule has 1 aliphatic rings. The second kappa shape index (κ2) is 4.95. The fourth-order valence-electron chi connectivity index (χ4n) is 1.14. The van der Waals surface area contributed by atoms with Crippen LogP contribution in [0.15, 0.2) is 0 Å². The zero-order valence-electron chi connectivity index (χ0n) is 7.05. The fourth-order valence-corrected chi connectivity index (χ4v) is 1.14. The smallest absolute Gasteiger partial charge is 0.317 e. The Hall–Kier alpha value is -0.810. The first-order valence-electron chi connectivity index (χ1n) is 4.19. The van der Waals surface area contributed by atoms with Gasteiger partial charge in [-0.15, -0.1) is 0 Å². The summed E-state index contributed by atoms with van der Waals surface area (Å²) in [5.41, 5.74) is 0. The van der Waals surface area contributed by atoms with Crippen molar-refractivity contribution in [2.75, 3.05) is 39.3 Å². The molecular weight excluding hydrogens is 158 g/mol. The van der Waals surface area contributed by atoms with Gasteiger partial charge in [0.1, 0.15) is 0 Å². The molecule has 1 saturated heterocycles. The van der Waals surface area contributed by atoms with E-state index in [0.717, 1.165) is 19.6 Å². The molecule has 1 rings (SSSR count). The minimum Gasteiger partial charge on any atom is -0.395 e. The molecule has 0 aromatic heterocycles. The second-order valence-electron chi connectivity index (χ2n) is 2.69. The minimum atomic E-state index is 0.0146. The summed E-state index contributed by atoms with van der Waals surface area (Å²) in [6.45, 7) is 3.74. The predicted octanol–water partition coefficient (Wildman–Crippen LogP) is -1.41. The highest BCUT2D eigenvalue weighted by molar-refractivity contribution is 5.76. The number of rotatable bonds is 5. The van der Waals surface area contributed by atoms with E-state index < -0.39 is 0 Å². The SMILES string of the molecule is O=C1NCCN1CCNCCO. The lowest BCUT2D eigenvalue weighted by molar-refractivity contribution is 0.217. The number of carbonyl (C=O) groups is 1. The molecule has 0 spiro atoms. The molecule has 2 amide bonds. The lowest BCUT2D eigenvalue weighted by Crippen LogP contribution is -2.35. The zero-order valence-corrected chi connectivity index (χ0v) is 7.05. The van der Waals surface area contributed by atoms with Crippen LogP contribution in [0.1, 0.15) is 0 Å². The first-order valence-corrected chi connectivity index (χ1v) is 4.19. The third-order valence-electron chi connectivity index (χ3n) is 1.79. The first kappa shape index (κ1) is 9.28. The van der Waals surface area contributed by atoms with E-state index in [1.165, 1.54) is 0 Å². The Labute approximate surface area is 71.7 Å². The van der Waals surface area contributed by atoms with Crippen molar-refractivity contribution in [2.45, 2.75) is 0 Å². The van der Waals surface area contributed by atoms with E-state index in [1.807, 2.05) is 0 Å². The number of hydrogen-bond donors (Lipinski definition) is 3. The monoisotopic (exact) mass is 173 g/mol. The van der Waals surface area contributed by atoms with Crippen molar-refractivity contribution in [3.05, 3.63) is 0 Å². The van der Waals surface area contributed by atoms with Gasteiger partial charge >= 0.3 is 6.03 Å². The van der Waals surface area contributed by atoms with E-state index in [2.05, 4.69) is 10.6 Å². The molecule has 0 atom stereocenters. The normalized spacial score (nSPS) is 16.8. The molecule has 0 aromatic carbocycles. The first-order chi connectivity index (χ1) is 5.84. The molecule has 0 unspecified atom stereocenters. The van der Waals surface area contributed by atoms with Crippen LogP contribution in [0, 0.1) is 0 Å². The highest BCUT2D eigenvalue weighted by atomic mass is 16.3. The van der Waals surface area contributed by atoms with Gasteiger partial charge in [0.05, 0.1) is 6.61 Å². The van der Waals surface area contributed by atoms with Gasteiger partial charge in [-0.25, -0.2) is 4.79 Å². The van der Waals surface area contributed by atoms with Gasteiger partial charge in [0.15, 0.2) is 0 Å². The largest absolute Gasteiger partial charge is 0.395 e. The van der Waals surface area contributed by atoms with Gasteiger partial charge in [0.25, 0.3) is 0 Å². The number of urea groups is 1. The fraction of sp³-hybridized carbons (Fsp3) is 0.857. The van der Waals surface area contributed by atoms with E-state index in [9.17, 15) is 4.79 Å². The summed E-state index contributed by atoms with van der Waals surface area (Å²) in [5, 5.41) is 14.2. The van der Waals surface area contributed by atoms with Crippen LogP contribution in [-0.2, 0) is 0 Å². The summed E-state index contributed by atoms with van der Waals surface area (Å²) < 4.78 is 0. The molecule has 0 bridgehead atoms. The predicted molar refractivity (Wildman–Crippen MR) is 44.9 cm³/mol. The molecule has 1 fully saturated rings. The van der Waals surface area contributed by atoms with E-state index >= 15 is 0 Å². The van der Waals surface area contributed by atoms with Crippen molar-refractivity contribution in [1.82, 2.24) is 15.5 Å². The van der Waals surface area contributed by atoms with Gasteiger partial charge in [-0.2, -0.15) is 0 Å². The molecule has 12 heavy (non-hydrogen) atoms. The van der Waals surface area contributed by atoms with Gasteiger partial charge in [-0.1, -0.05) is 0 Å². The summed E-state index contributed by atoms with van der Waals surface area (Å²) in [4.78, 5) is 12.7. The topological polar surface area (TPSA) is 64.6 Å². The summed E-state index contributed by atoms with van der Waals surface area (Å²) in [6, 6.07) is 0.0146. The number of nitrogens with zero attached hydrogens (tertiary/aromatic N) is 1. The molecule has 1 aliphatic heterocycles. The van der Waals surface area contributed by atoms with Crippen molar-refractivity contribution in [3.8, 4) is 0 Å². The maximum atomic E-state index is 11.0. The number of carbonyl (C=O) groups excluding carboxylic acids is 1. The van der Waals surface area contributed by atoms with Crippen LogP contribution in [0.2, 0.25) is 0 Å². The van der Waals surface area contributed by atoms with Crippen LogP contribution >= 0.6 is 0 Å². The molecule has 5 heteroatoms. The molecule has 0 saturated carbocycles. The number of aliphatic hydroxyl groups is 1. The van der Waals surface area contributed by atoms with Gasteiger partial charge in [-0.05, 0) is 0 Å². The van der Waals surface area contributed by atoms with E-state index in [-0.39, 0.29) is 12.6 Å². The highest BCUT2D eigenvalue weighted by Crippen LogP contribution is 1.93. The van der Waals surface area contributed by atoms with Gasteiger partial charge in [0.2, 0.25) is 0 Å². The Morgan fingerprint density at radius 1 is 1.58 bits per heavy atom. The lowest BCUT2D eigenvalue weighted by Gasteiger charge is -2.13. The third kappa shape index (κ3) is 2.67. The minimum absolute atomic E-state index is 0.0146. The van der Waals surface area contributed by atoms with Gasteiger partial charge in [-0.3, -0.25) is 0 Å². The van der Waals surface area contributed by atoms with Gasteiger partial charge in [0, 0.05) is 32.7 Å². The van der Waals surface area contributed by atoms with Crippen LogP contribution in [-0.4, -0.2) is 55.4 Å². The molecule has 3 N–H and O–H groups in total. The molecule has 1 heterocycles. The van der Waals surface area contributed by atoms with Crippen molar-refractivity contribution in [1.29, 1.82) is 0 Å². The van der Waals surface area contributed by atoms with Crippen molar-refractivity contribution in [2.24, 2.45) is 0 Å². The molecule has 70 valence electrons. The second-order valence-corrected chi connectivity index (χ2v) is 2.69. The quantitative estimate of drug-likeness (QED) is 0.448. The maximum absolute atomic E-state index is 11.0. The zero-order chi connectivity index (χ0) is 8.81. The van der Waals surface area contributed by atoms with E-state index in [1.54, 1.807) is 4.90 Å². The van der Waals surface area contributed by atoms with Crippen LogP contribution in [0.4, 0.5) is 4.79 Å². The number of hydrogen-bond acceptors (Lipinski definition) is 3. The molecule has 0 radical (unpaired) electrons. The Bertz CT molecular complexity index is 152. The van der Waals surface area contributed by atoms with Crippen molar-refractivity contribution in [3.63, 3.8) is 0 Å². The van der Waals surface area contributed by atoms with Crippen LogP contribution in [0.5, 0.6) is 0 Å². The number of aliphatic hydroxyl groups excluding tert-OH is 1. The Morgan fingerprint density at radius 3 is 3.00 bits per heavy atom. The van der Waals surface area contributed by atoms with E-state index in [0.29, 0.717) is 13.1 Å². The Morgan fingerprint density at radius 2 is 2.42 bits per heavy atom. The summed E-state index contributed by atoms with van der Waals surface area (Å²) in [6.07, 6.45) is 0. The summed E-state index contributed by atoms with van der Waals surface area (Å²) in [5.74, 6) is 0. The lowest BCUT2D eigenvalue weighted by atomic mass is 10.5. The maximum Gasteiger partial charge on any atom is 0.317 e. The average Bonchev–Trinajstić information content (AvgIpc) is 2.46. The Kier molecular flexibility index (Phi) is 3.83. The van der Waals surface area contributed by atoms with Crippen LogP contribution in [0.25, 0.3) is 0 Å². The summed E-state index contributed by atoms with van der Waals surface area (Å²) >= 11 is 0. The molecule has 5 nitrogen and oxygen atoms in total. The van der Waals surface area contributed by atoms with Crippen LogP contribution < -0.4 is 10.6 Å². The number of nitrogens with one attached hydrogen (secondary N) is 2. The Balaban J connectivity index is 2.02. The molecule has 0 aromatic rings. The summed E-state index contributed by atoms with van der Waals surface area (Å²) in [7, 11) is 0. The number of amides is 2.